The van der Waals surface area contributed by atoms with Gasteiger partial charge in [0.25, 0.3) is 0 Å². The number of carboxylic acids is 3. The number of benzene rings is 3. The summed E-state index contributed by atoms with van der Waals surface area (Å²) >= 11 is 3.50. The van der Waals surface area contributed by atoms with Gasteiger partial charge in [-0.3, -0.25) is 28.8 Å². The van der Waals surface area contributed by atoms with Gasteiger partial charge in [0.05, 0.1) is 31.3 Å². The average Bonchev–Trinajstić information content (AvgIpc) is 1.59. The predicted molar refractivity (Wildman–Crippen MR) is 522 cm³/mol. The molecule has 9 amide bonds. The third kappa shape index (κ3) is 27.9. The summed E-state index contributed by atoms with van der Waals surface area (Å²) in [6, 6.07) is 13.1. The second-order valence-corrected chi connectivity index (χ2v) is 42.2. The quantitative estimate of drug-likeness (QED) is 0.0207. The van der Waals surface area contributed by atoms with Gasteiger partial charge in [-0.05, 0) is 246 Å². The maximum Gasteiger partial charge on any atom is 0.408 e. The molecule has 9 heterocycles. The van der Waals surface area contributed by atoms with E-state index in [1.165, 1.54) is 29.1 Å². The van der Waals surface area contributed by atoms with E-state index in [9.17, 15) is 72.9 Å². The lowest BCUT2D eigenvalue weighted by Crippen LogP contribution is -2.56. The van der Waals surface area contributed by atoms with E-state index in [4.69, 9.17) is 23.7 Å². The minimum atomic E-state index is -1.42. The molecule has 3 aromatic carbocycles. The van der Waals surface area contributed by atoms with Crippen LogP contribution in [0.4, 0.5) is 14.4 Å². The maximum absolute atomic E-state index is 14.2. The Kier molecular flexibility index (Phi) is 35.9. The van der Waals surface area contributed by atoms with E-state index in [1.807, 2.05) is 92.7 Å². The molecule has 3 aromatic heterocycles. The minimum absolute atomic E-state index is 0. The van der Waals surface area contributed by atoms with Gasteiger partial charge in [0, 0.05) is 66.0 Å². The number of aryl methyl sites for hydroxylation is 1. The number of halogens is 1. The van der Waals surface area contributed by atoms with Crippen LogP contribution in [0.25, 0.3) is 34.2 Å². The number of allylic oxidation sites excluding steroid dienone is 1. The van der Waals surface area contributed by atoms with Crippen LogP contribution in [0.5, 0.6) is 11.5 Å². The summed E-state index contributed by atoms with van der Waals surface area (Å²) in [5.41, 5.74) is -3.18. The van der Waals surface area contributed by atoms with Crippen LogP contribution in [-0.4, -0.2) is 265 Å². The van der Waals surface area contributed by atoms with Gasteiger partial charge in [0.1, 0.15) is 81.2 Å². The highest BCUT2D eigenvalue weighted by Gasteiger charge is 2.65. The Morgan fingerprint density at radius 2 is 0.787 bits per heavy atom. The Hall–Kier alpha value is -11.9. The zero-order valence-electron chi connectivity index (χ0n) is 82.6. The molecular formula is C98H138BrN21O20S. The number of carboxylic acid groups (broad SMARTS) is 3. The number of carbonyl (C=O) groups is 12. The van der Waals surface area contributed by atoms with E-state index in [2.05, 4.69) is 101 Å². The fraction of sp³-hybridized carbons (Fsp3) is 0.643. The van der Waals surface area contributed by atoms with Gasteiger partial charge in [-0.25, -0.2) is 28.8 Å². The minimum Gasteiger partial charge on any atom is -0.494 e. The molecule has 3 saturated carbocycles. The number of rotatable bonds is 19. The van der Waals surface area contributed by atoms with Gasteiger partial charge >= 0.3 is 36.2 Å². The van der Waals surface area contributed by atoms with Crippen molar-refractivity contribution in [3.8, 4) is 45.7 Å². The summed E-state index contributed by atoms with van der Waals surface area (Å²) in [6.45, 7) is 23.2. The number of nitrogens with zero attached hydrogens (tertiary/aromatic N) is 15. The van der Waals surface area contributed by atoms with Crippen LogP contribution in [0.15, 0.2) is 83.4 Å². The molecule has 41 nitrogen and oxygen atoms in total. The number of aliphatic carboxylic acids is 3. The number of nitrogens with one attached hydrogen (secondary N) is 6. The number of amides is 9. The number of carbonyl (C=O) groups excluding carboxylic acids is 9. The predicted octanol–water partition coefficient (Wildman–Crippen LogP) is 12.2. The zero-order chi connectivity index (χ0) is 101. The molecule has 9 N–H and O–H groups in total. The molecule has 0 bridgehead atoms. The van der Waals surface area contributed by atoms with Gasteiger partial charge in [-0.1, -0.05) is 125 Å². The molecule has 0 radical (unpaired) electrons. The van der Waals surface area contributed by atoms with E-state index < -0.39 is 159 Å². The molecule has 8 fully saturated rings. The van der Waals surface area contributed by atoms with Gasteiger partial charge in [0.2, 0.25) is 52.9 Å². The molecule has 9 aliphatic rings. The first-order valence-corrected chi connectivity index (χ1v) is 50.2. The maximum atomic E-state index is 14.2. The molecule has 0 spiro atoms. The average molecular weight is 2040 g/mol. The Bertz CT molecular complexity index is 5450. The van der Waals surface area contributed by atoms with E-state index >= 15 is 0 Å². The molecule has 141 heavy (non-hydrogen) atoms. The number of tetrazole rings is 3. The summed E-state index contributed by atoms with van der Waals surface area (Å²) in [5.74, 6) is -4.23. The first-order chi connectivity index (χ1) is 66.6. The molecule has 43 heteroatoms. The summed E-state index contributed by atoms with van der Waals surface area (Å²) in [5, 5.41) is 86.3. The van der Waals surface area contributed by atoms with E-state index in [0.29, 0.717) is 94.9 Å². The highest BCUT2D eigenvalue weighted by Crippen LogP contribution is 2.50. The Balaban J connectivity index is 0.000000188. The van der Waals surface area contributed by atoms with Gasteiger partial charge < -0.3 is 85.6 Å². The molecule has 768 valence electrons. The normalized spacial score (nSPS) is 27.1. The van der Waals surface area contributed by atoms with Crippen molar-refractivity contribution in [3.63, 3.8) is 0 Å². The second-order valence-electron chi connectivity index (χ2n) is 41.3. The van der Waals surface area contributed by atoms with Crippen LogP contribution >= 0.6 is 29.4 Å². The lowest BCUT2D eigenvalue weighted by Gasteiger charge is -2.30. The van der Waals surface area contributed by atoms with E-state index in [0.717, 1.165) is 128 Å². The molecule has 15 atom stereocenters. The van der Waals surface area contributed by atoms with Crippen LogP contribution in [0.3, 0.4) is 0 Å². The van der Waals surface area contributed by atoms with Crippen molar-refractivity contribution in [2.24, 2.45) is 17.8 Å². The van der Waals surface area contributed by atoms with Crippen molar-refractivity contribution in [2.45, 2.75) is 351 Å². The van der Waals surface area contributed by atoms with Crippen LogP contribution in [-0.2, 0) is 57.4 Å². The number of hydrogen-bond acceptors (Lipinski definition) is 26. The largest absolute Gasteiger partial charge is 0.494 e. The smallest absolute Gasteiger partial charge is 0.408 e. The molecule has 6 aliphatic heterocycles. The Morgan fingerprint density at radius 3 is 1.14 bits per heavy atom. The fourth-order valence-electron chi connectivity index (χ4n) is 19.1. The zero-order valence-corrected chi connectivity index (χ0v) is 85.2. The summed E-state index contributed by atoms with van der Waals surface area (Å²) in [6.07, 6.45) is 20.1. The van der Waals surface area contributed by atoms with Crippen molar-refractivity contribution >= 4 is 101 Å². The number of unbranched alkanes of at least 4 members (excludes halogenated alkanes) is 1. The van der Waals surface area contributed by atoms with Crippen molar-refractivity contribution < 1.29 is 96.5 Å². The molecule has 1 unspecified atom stereocenters. The third-order valence-electron chi connectivity index (χ3n) is 26.9. The van der Waals surface area contributed by atoms with Gasteiger partial charge in [-0.15, -0.1) is 30.6 Å². The molecule has 3 aliphatic carbocycles. The van der Waals surface area contributed by atoms with Crippen molar-refractivity contribution in [1.29, 1.82) is 0 Å². The van der Waals surface area contributed by atoms with Gasteiger partial charge in [-0.2, -0.15) is 27.9 Å². The summed E-state index contributed by atoms with van der Waals surface area (Å²) < 4.78 is 28.7. The number of alkyl carbamates (subject to hydrolysis) is 3. The number of ether oxygens (including phenoxy) is 5. The fourth-order valence-corrected chi connectivity index (χ4v) is 19.4. The summed E-state index contributed by atoms with van der Waals surface area (Å²) in [7, 11) is 0. The third-order valence-corrected chi connectivity index (χ3v) is 27.8. The van der Waals surface area contributed by atoms with Gasteiger partial charge in [0.15, 0.2) is 0 Å². The number of fused-ring (bicyclic) bond motifs is 6. The first-order valence-electron chi connectivity index (χ1n) is 49.4. The Labute approximate surface area is 836 Å². The molecule has 6 aromatic rings. The lowest BCUT2D eigenvalue weighted by atomic mass is 10.0. The van der Waals surface area contributed by atoms with E-state index in [-0.39, 0.29) is 76.6 Å². The standard InChI is InChI=1S/C34H49N7O7.C33H47N7O7.C31H40BrN7O6.H2S/c1-5-6-18-47-25-16-14-22(15-17-25)28-37-39-41(38-28)24-19-27-29(42)36-34(31(44)45)20-23(34)12-10-8-7-9-11-13-26(30(43)40(27)21-24)35-32(46)48-33(2,3)4;1-5-17-46-24-15-13-21(14-16-24)27-36-38-40(37-27)23-18-26-28(41)35-33(30(43)44)19-22(33)11-9-7-6-8-10-12-25(29(42)39(26)20-23)34-31(45)47-32(2,3)4;1-18-14-19(12-13-22(18)32)25-35-37-39(36-25)21-15-24-26(40)34-31(28(42)43)16-20(31)10-8-6-5-7-9-11-23(27(41)38(24)17-21)33-29(44)45-30(2,3)4;/h14-17,23-24,26-27H,5-13,18-21H2,1-4H3,(H,35,46)(H,36,42)(H,44,45);13-16,22-23,25-26H,5-12,17-20H2,1-4H3,(H,34,45)(H,35,41)(H,43,44);8,10,12-14,20-21,23-24H,5-7,9,11,15-17H2,1-4H3,(H,33,44)(H,34,40)(H,42,43);1H2/b;;10-8-;/t23-,24+,26-,27+,34+;22-,23+,25-,26+,33+;20-,21?,23-,24+,31+;/m111./s1. The highest BCUT2D eigenvalue weighted by atomic mass is 79.9. The lowest BCUT2D eigenvalue weighted by molar-refractivity contribution is -0.146. The summed E-state index contributed by atoms with van der Waals surface area (Å²) in [4.78, 5) is 168. The number of hydrogen-bond donors (Lipinski definition) is 9. The SMILES string of the molecule is CCCCOc1ccc(-c2nnn([C@H]3C[C@H]4C(=O)N[C@@]5(C(=O)O)C[C@H]5CCCCCCC[C@@H](NC(=O)OC(C)(C)C)C(=O)N4C3)n2)cc1.CCCOc1ccc(-c2nnn([C@H]3C[C@H]4C(=O)N[C@@]5(C(=O)O)C[C@H]5CCCCCCC[C@@H](NC(=O)OC(C)(C)C)C(=O)N4C3)n2)cc1.Cc1cc(-c2nnn(C3C[C@H]4C(=O)N[C@@]5(C(=O)O)C[C@H]5/C=C\CCCCC[C@@H](NC(=O)OC(C)(C)C)C(=O)N4C3)n2)ccc1Br.S. The molecular weight excluding hydrogens is 1900 g/mol. The van der Waals surface area contributed by atoms with Crippen LogP contribution in [0.2, 0.25) is 0 Å². The number of aromatic nitrogens is 12. The van der Waals surface area contributed by atoms with Crippen LogP contribution in [0, 0.1) is 24.7 Å². The van der Waals surface area contributed by atoms with Crippen molar-refractivity contribution in [2.75, 3.05) is 32.8 Å². The second kappa shape index (κ2) is 46.9. The molecule has 5 saturated heterocycles. The molecule has 15 rings (SSSR count). The van der Waals surface area contributed by atoms with Crippen molar-refractivity contribution in [3.05, 3.63) is 88.9 Å². The van der Waals surface area contributed by atoms with Crippen molar-refractivity contribution in [1.82, 2.24) is 107 Å². The topological polar surface area (TPSA) is 524 Å². The Morgan fingerprint density at radius 1 is 0.447 bits per heavy atom. The van der Waals surface area contributed by atoms with E-state index in [1.54, 1.807) is 62.3 Å². The van der Waals surface area contributed by atoms with Crippen LogP contribution < -0.4 is 41.4 Å². The van der Waals surface area contributed by atoms with Crippen LogP contribution in [0.1, 0.15) is 280 Å². The monoisotopic (exact) mass is 2040 g/mol. The highest BCUT2D eigenvalue weighted by molar-refractivity contribution is 9.10. The first kappa shape index (κ1) is 108.